The van der Waals surface area contributed by atoms with Crippen LogP contribution in [0.5, 0.6) is 0 Å². The fraction of sp³-hybridized carbons (Fsp3) is 1.00. The van der Waals surface area contributed by atoms with Crippen LogP contribution in [0.1, 0.15) is 20.3 Å². The highest BCUT2D eigenvalue weighted by molar-refractivity contribution is 6.93. The molecule has 0 aromatic heterocycles. The van der Waals surface area contributed by atoms with Crippen molar-refractivity contribution in [2.75, 3.05) is 6.54 Å². The molecule has 0 atom stereocenters. The standard InChI is InChI=1S/C6H14N.ClH.Mg/c1-4-5-7-6(2)3;;/h6-7H,1,4-5H2,2-3H3;1H;/q;;+1/p-1. The first-order valence-corrected chi connectivity index (χ1v) is 6.70. The first kappa shape index (κ1) is 10.0. The third-order valence-corrected chi connectivity index (χ3v) is 2.68. The highest BCUT2D eigenvalue weighted by atomic mass is 35.5. The van der Waals surface area contributed by atoms with Crippen LogP contribution in [-0.4, -0.2) is 31.9 Å². The Morgan fingerprint density at radius 1 is 1.56 bits per heavy atom. The first-order valence-electron chi connectivity index (χ1n) is 3.56. The molecule has 0 saturated carbocycles. The van der Waals surface area contributed by atoms with E-state index in [-0.39, 0.29) is 19.3 Å². The molecule has 0 unspecified atom stereocenters. The number of halogens is 1. The van der Waals surface area contributed by atoms with E-state index in [0.717, 1.165) is 6.54 Å². The van der Waals surface area contributed by atoms with Crippen molar-refractivity contribution >= 4 is 28.3 Å². The third-order valence-electron chi connectivity index (χ3n) is 1.11. The van der Waals surface area contributed by atoms with Crippen LogP contribution in [0.2, 0.25) is 4.55 Å². The average Bonchev–Trinajstić information content (AvgIpc) is 1.80. The van der Waals surface area contributed by atoms with Crippen LogP contribution in [0, 0.1) is 0 Å². The van der Waals surface area contributed by atoms with Gasteiger partial charge < -0.3 is 14.4 Å². The number of hydrogen-bond donors (Lipinski definition) is 1. The summed E-state index contributed by atoms with van der Waals surface area (Å²) in [4.78, 5) is 0. The quantitative estimate of drug-likeness (QED) is 0.476. The van der Waals surface area contributed by atoms with Gasteiger partial charge in [-0.15, -0.1) is 4.55 Å². The van der Waals surface area contributed by atoms with Gasteiger partial charge >= 0.3 is 19.3 Å². The molecule has 9 heavy (non-hydrogen) atoms. The molecule has 0 aliphatic rings. The summed E-state index contributed by atoms with van der Waals surface area (Å²) < 4.78 is 1.27. The minimum Gasteiger partial charge on any atom is -0.346 e. The molecule has 0 amide bonds. The topological polar surface area (TPSA) is 12.0 Å². The van der Waals surface area contributed by atoms with Gasteiger partial charge in [0.1, 0.15) is 0 Å². The summed E-state index contributed by atoms with van der Waals surface area (Å²) in [6.07, 6.45) is 1.26. The molecule has 0 radical (unpaired) electrons. The number of rotatable bonds is 5. The maximum atomic E-state index is 5.63. The van der Waals surface area contributed by atoms with Crippen molar-refractivity contribution in [3.05, 3.63) is 0 Å². The Balaban J connectivity index is 2.75. The maximum Gasteiger partial charge on any atom is 0.501 e. The molecule has 0 fully saturated rings. The molecule has 0 aromatic rings. The summed E-state index contributed by atoms with van der Waals surface area (Å²) in [5.74, 6) is 0. The molecule has 52 valence electrons. The van der Waals surface area contributed by atoms with Crippen molar-refractivity contribution in [3.8, 4) is 0 Å². The van der Waals surface area contributed by atoms with E-state index in [9.17, 15) is 0 Å². The molecule has 0 aromatic carbocycles. The van der Waals surface area contributed by atoms with E-state index < -0.39 is 0 Å². The van der Waals surface area contributed by atoms with Crippen LogP contribution in [0.3, 0.4) is 0 Å². The SMILES string of the molecule is CC(C)NCC[CH2][Mg][Cl]. The lowest BCUT2D eigenvalue weighted by Crippen LogP contribution is -2.23. The van der Waals surface area contributed by atoms with Gasteiger partial charge in [0.25, 0.3) is 0 Å². The minimum absolute atomic E-state index is 0.199. The number of hydrogen-bond acceptors (Lipinski definition) is 1. The van der Waals surface area contributed by atoms with E-state index in [2.05, 4.69) is 19.2 Å². The van der Waals surface area contributed by atoms with E-state index in [1.807, 2.05) is 0 Å². The molecule has 0 spiro atoms. The van der Waals surface area contributed by atoms with Gasteiger partial charge in [-0.3, -0.25) is 0 Å². The Morgan fingerprint density at radius 2 is 2.22 bits per heavy atom. The summed E-state index contributed by atoms with van der Waals surface area (Å²) in [5, 5.41) is 3.34. The van der Waals surface area contributed by atoms with Crippen LogP contribution in [0.4, 0.5) is 0 Å². The zero-order chi connectivity index (χ0) is 7.11. The molecule has 0 heterocycles. The van der Waals surface area contributed by atoms with Crippen LogP contribution in [0.15, 0.2) is 0 Å². The Hall–Kier alpha value is 1.02. The van der Waals surface area contributed by atoms with E-state index >= 15 is 0 Å². The summed E-state index contributed by atoms with van der Waals surface area (Å²) >= 11 is -0.199. The molecule has 0 bridgehead atoms. The molecule has 0 saturated heterocycles. The third kappa shape index (κ3) is 9.02. The largest absolute Gasteiger partial charge is 0.501 e. The van der Waals surface area contributed by atoms with Gasteiger partial charge in [0.05, 0.1) is 0 Å². The van der Waals surface area contributed by atoms with Crippen molar-refractivity contribution in [2.45, 2.75) is 30.9 Å². The van der Waals surface area contributed by atoms with Gasteiger partial charge in [-0.25, -0.2) is 0 Å². The molecule has 0 aliphatic heterocycles. The summed E-state index contributed by atoms with van der Waals surface area (Å²) in [7, 11) is 5.63. The molecule has 1 nitrogen and oxygen atoms in total. The summed E-state index contributed by atoms with van der Waals surface area (Å²) in [5.41, 5.74) is 0. The van der Waals surface area contributed by atoms with E-state index in [4.69, 9.17) is 9.07 Å². The fourth-order valence-corrected chi connectivity index (χ4v) is 1.62. The van der Waals surface area contributed by atoms with Crippen molar-refractivity contribution < 1.29 is 0 Å². The van der Waals surface area contributed by atoms with Gasteiger partial charge in [-0.05, 0) is 6.54 Å². The first-order chi connectivity index (χ1) is 4.27. The lowest BCUT2D eigenvalue weighted by atomic mass is 10.4. The molecule has 0 aliphatic carbocycles. The van der Waals surface area contributed by atoms with E-state index in [1.54, 1.807) is 0 Å². The molecule has 0 rings (SSSR count). The van der Waals surface area contributed by atoms with Crippen LogP contribution < -0.4 is 5.32 Å². The predicted molar refractivity (Wildman–Crippen MR) is 44.2 cm³/mol. The van der Waals surface area contributed by atoms with E-state index in [1.165, 1.54) is 11.0 Å². The lowest BCUT2D eigenvalue weighted by molar-refractivity contribution is 0.583. The molecular formula is C6H14ClMgN. The maximum absolute atomic E-state index is 5.63. The Morgan fingerprint density at radius 3 is 2.67 bits per heavy atom. The normalized spacial score (nSPS) is 9.78. The monoisotopic (exact) mass is 159 g/mol. The summed E-state index contributed by atoms with van der Waals surface area (Å²) in [6, 6.07) is 0.627. The molecule has 3 heteroatoms. The summed E-state index contributed by atoms with van der Waals surface area (Å²) in [6.45, 7) is 5.47. The number of nitrogens with one attached hydrogen (secondary N) is 1. The van der Waals surface area contributed by atoms with Gasteiger partial charge in [0.15, 0.2) is 0 Å². The van der Waals surface area contributed by atoms with Crippen LogP contribution in [-0.2, 0) is 0 Å². The second-order valence-electron chi connectivity index (χ2n) is 2.50. The van der Waals surface area contributed by atoms with Crippen molar-refractivity contribution in [3.63, 3.8) is 0 Å². The second-order valence-corrected chi connectivity index (χ2v) is 4.72. The zero-order valence-corrected chi connectivity index (χ0v) is 8.45. The van der Waals surface area contributed by atoms with Crippen LogP contribution in [0.25, 0.3) is 0 Å². The van der Waals surface area contributed by atoms with Crippen molar-refractivity contribution in [2.24, 2.45) is 0 Å². The average molecular weight is 160 g/mol. The second kappa shape index (κ2) is 7.13. The highest BCUT2D eigenvalue weighted by Gasteiger charge is 1.92. The van der Waals surface area contributed by atoms with Crippen molar-refractivity contribution in [1.82, 2.24) is 5.32 Å². The smallest absolute Gasteiger partial charge is 0.346 e. The Labute approximate surface area is 71.0 Å². The van der Waals surface area contributed by atoms with E-state index in [0.29, 0.717) is 6.04 Å². The van der Waals surface area contributed by atoms with Gasteiger partial charge in [0, 0.05) is 6.04 Å². The fourth-order valence-electron chi connectivity index (χ4n) is 0.610. The Kier molecular flexibility index (Phi) is 7.93. The Bertz CT molecular complexity index is 59.0. The van der Waals surface area contributed by atoms with Gasteiger partial charge in [-0.2, -0.15) is 0 Å². The van der Waals surface area contributed by atoms with Gasteiger partial charge in [-0.1, -0.05) is 20.3 Å². The molecule has 1 N–H and O–H groups in total. The lowest BCUT2D eigenvalue weighted by Gasteiger charge is -2.05. The predicted octanol–water partition coefficient (Wildman–Crippen LogP) is 1.65. The molecular weight excluding hydrogens is 146 g/mol. The van der Waals surface area contributed by atoms with Crippen LogP contribution >= 0.6 is 9.07 Å². The minimum atomic E-state index is -0.199. The van der Waals surface area contributed by atoms with Crippen molar-refractivity contribution in [1.29, 1.82) is 0 Å². The zero-order valence-electron chi connectivity index (χ0n) is 6.28. The highest BCUT2D eigenvalue weighted by Crippen LogP contribution is 1.89. The van der Waals surface area contributed by atoms with Gasteiger partial charge in [0.2, 0.25) is 0 Å².